The van der Waals surface area contributed by atoms with Crippen molar-refractivity contribution >= 4 is 17.8 Å². The quantitative estimate of drug-likeness (QED) is 0.253. The fourth-order valence-corrected chi connectivity index (χ4v) is 2.13. The molecule has 0 unspecified atom stereocenters. The zero-order valence-electron chi connectivity index (χ0n) is 14.1. The van der Waals surface area contributed by atoms with Crippen LogP contribution in [0.25, 0.3) is 0 Å². The molecule has 0 aliphatic heterocycles. The molecule has 3 nitrogen and oxygen atoms in total. The molecule has 2 aromatic carbocycles. The second-order valence-corrected chi connectivity index (χ2v) is 6.02. The summed E-state index contributed by atoms with van der Waals surface area (Å²) < 4.78 is 107. The zero-order valence-corrected chi connectivity index (χ0v) is 14.8. The van der Waals surface area contributed by atoms with E-state index in [-0.39, 0.29) is 28.5 Å². The molecule has 29 heavy (non-hydrogen) atoms. The van der Waals surface area contributed by atoms with Crippen LogP contribution in [-0.2, 0) is 6.61 Å². The first-order valence-corrected chi connectivity index (χ1v) is 8.01. The Balaban J connectivity index is 2.18. The number of benzene rings is 2. The summed E-state index contributed by atoms with van der Waals surface area (Å²) in [5.74, 6) is -7.00. The Morgan fingerprint density at radius 2 is 1.66 bits per heavy atom. The number of halogens is 9. The van der Waals surface area contributed by atoms with Gasteiger partial charge < -0.3 is 4.74 Å². The molecule has 0 saturated carbocycles. The Labute approximate surface area is 163 Å². The third-order valence-corrected chi connectivity index (χ3v) is 3.71. The topological polar surface area (TPSA) is 33.6 Å². The summed E-state index contributed by atoms with van der Waals surface area (Å²) in [6.45, 7) is -0.287. The van der Waals surface area contributed by atoms with Crippen molar-refractivity contribution in [1.82, 2.24) is 5.43 Å². The van der Waals surface area contributed by atoms with Crippen LogP contribution in [-0.4, -0.2) is 24.4 Å². The van der Waals surface area contributed by atoms with Gasteiger partial charge in [0.05, 0.1) is 6.21 Å². The van der Waals surface area contributed by atoms with Gasteiger partial charge in [-0.2, -0.15) is 35.8 Å². The molecule has 0 fully saturated rings. The maximum absolute atomic E-state index is 13.6. The number of nitrogens with zero attached hydrogens (tertiary/aromatic N) is 1. The Morgan fingerprint density at radius 1 is 1.00 bits per heavy atom. The van der Waals surface area contributed by atoms with Crippen LogP contribution < -0.4 is 10.2 Å². The minimum atomic E-state index is -6.50. The molecule has 0 bridgehead atoms. The molecule has 0 heterocycles. The number of rotatable bonds is 7. The van der Waals surface area contributed by atoms with Crippen LogP contribution in [0.1, 0.15) is 11.1 Å². The summed E-state index contributed by atoms with van der Waals surface area (Å²) in [6.07, 6.45) is -5.98. The van der Waals surface area contributed by atoms with E-state index in [0.717, 1.165) is 6.07 Å². The molecule has 0 atom stereocenters. The van der Waals surface area contributed by atoms with Crippen molar-refractivity contribution in [2.24, 2.45) is 5.10 Å². The van der Waals surface area contributed by atoms with Gasteiger partial charge in [-0.25, -0.2) is 9.82 Å². The highest BCUT2D eigenvalue weighted by Crippen LogP contribution is 2.45. The highest BCUT2D eigenvalue weighted by molar-refractivity contribution is 6.30. The normalized spacial score (nSPS) is 13.0. The second kappa shape index (κ2) is 8.44. The Hall–Kier alpha value is -2.56. The zero-order chi connectivity index (χ0) is 21.9. The van der Waals surface area contributed by atoms with E-state index in [1.807, 2.05) is 0 Å². The van der Waals surface area contributed by atoms with Crippen molar-refractivity contribution in [1.29, 1.82) is 0 Å². The lowest BCUT2D eigenvalue weighted by atomic mass is 10.2. The SMILES string of the molecule is Fc1ccccc1COc1ccc(Cl)cc1/C=N\NC(F)(F)C(F)(F)C(F)(F)F. The van der Waals surface area contributed by atoms with Crippen LogP contribution in [0.3, 0.4) is 0 Å². The highest BCUT2D eigenvalue weighted by Gasteiger charge is 2.73. The fraction of sp³-hybridized carbons (Fsp3) is 0.235. The van der Waals surface area contributed by atoms with Crippen LogP contribution in [0.5, 0.6) is 5.75 Å². The van der Waals surface area contributed by atoms with E-state index >= 15 is 0 Å². The molecular weight excluding hydrogens is 436 g/mol. The highest BCUT2D eigenvalue weighted by atomic mass is 35.5. The molecule has 0 saturated heterocycles. The van der Waals surface area contributed by atoms with Crippen LogP contribution in [0.2, 0.25) is 5.02 Å². The predicted molar refractivity (Wildman–Crippen MR) is 88.9 cm³/mol. The van der Waals surface area contributed by atoms with Gasteiger partial charge in [-0.1, -0.05) is 29.8 Å². The summed E-state index contributed by atoms with van der Waals surface area (Å²) in [7, 11) is 0. The third kappa shape index (κ3) is 5.28. The summed E-state index contributed by atoms with van der Waals surface area (Å²) in [5, 5.41) is 2.82. The van der Waals surface area contributed by atoms with E-state index < -0.39 is 24.0 Å². The molecular formula is C17H11ClF8N2O. The van der Waals surface area contributed by atoms with E-state index in [2.05, 4.69) is 5.10 Å². The lowest BCUT2D eigenvalue weighted by molar-refractivity contribution is -0.361. The molecule has 0 radical (unpaired) electrons. The average Bonchev–Trinajstić information content (AvgIpc) is 2.61. The van der Waals surface area contributed by atoms with Gasteiger partial charge in [-0.05, 0) is 24.3 Å². The standard InChI is InChI=1S/C17H11ClF8N2O/c18-12-5-6-14(29-9-10-3-1-2-4-13(10)19)11(7-12)8-27-28-17(25,26)15(20,21)16(22,23)24/h1-8,28H,9H2/b27-8-. The van der Waals surface area contributed by atoms with E-state index in [0.29, 0.717) is 11.6 Å². The third-order valence-electron chi connectivity index (χ3n) is 3.47. The van der Waals surface area contributed by atoms with Crippen molar-refractivity contribution in [3.63, 3.8) is 0 Å². The van der Waals surface area contributed by atoms with Gasteiger partial charge in [0, 0.05) is 16.1 Å². The molecule has 2 aromatic rings. The summed E-state index contributed by atoms with van der Waals surface area (Å²) in [5.41, 5.74) is 0.512. The number of ether oxygens (including phenoxy) is 1. The lowest BCUT2D eigenvalue weighted by Crippen LogP contribution is -2.58. The maximum atomic E-state index is 13.6. The smallest absolute Gasteiger partial charge is 0.462 e. The molecule has 12 heteroatoms. The van der Waals surface area contributed by atoms with Gasteiger partial charge in [-0.15, -0.1) is 0 Å². The molecule has 158 valence electrons. The molecule has 0 aliphatic carbocycles. The number of hydrogen-bond acceptors (Lipinski definition) is 3. The molecule has 1 N–H and O–H groups in total. The van der Waals surface area contributed by atoms with Crippen molar-refractivity contribution in [2.75, 3.05) is 0 Å². The minimum Gasteiger partial charge on any atom is -0.488 e. The van der Waals surface area contributed by atoms with Crippen molar-refractivity contribution < 1.29 is 39.9 Å². The largest absolute Gasteiger partial charge is 0.488 e. The Morgan fingerprint density at radius 3 is 2.28 bits per heavy atom. The van der Waals surface area contributed by atoms with Gasteiger partial charge in [0.25, 0.3) is 0 Å². The number of nitrogens with one attached hydrogen (secondary N) is 1. The molecule has 0 aliphatic rings. The Bertz CT molecular complexity index is 886. The van der Waals surface area contributed by atoms with Crippen LogP contribution in [0, 0.1) is 5.82 Å². The molecule has 0 aromatic heterocycles. The van der Waals surface area contributed by atoms with Crippen LogP contribution in [0.15, 0.2) is 47.6 Å². The first-order valence-electron chi connectivity index (χ1n) is 7.63. The van der Waals surface area contributed by atoms with Gasteiger partial charge in [0.2, 0.25) is 0 Å². The van der Waals surface area contributed by atoms with Gasteiger partial charge in [0.1, 0.15) is 18.2 Å². The van der Waals surface area contributed by atoms with Crippen molar-refractivity contribution in [3.05, 3.63) is 64.4 Å². The van der Waals surface area contributed by atoms with E-state index in [1.54, 1.807) is 6.07 Å². The van der Waals surface area contributed by atoms with Crippen LogP contribution in [0.4, 0.5) is 35.1 Å². The van der Waals surface area contributed by atoms with Gasteiger partial charge >= 0.3 is 18.1 Å². The first-order chi connectivity index (χ1) is 13.3. The Kier molecular flexibility index (Phi) is 6.61. The number of hydrazone groups is 1. The van der Waals surface area contributed by atoms with Crippen LogP contribution >= 0.6 is 11.6 Å². The first kappa shape index (κ1) is 22.7. The summed E-state index contributed by atoms with van der Waals surface area (Å²) in [6, 6.07) is 3.58. The predicted octanol–water partition coefficient (Wildman–Crippen LogP) is 5.77. The number of alkyl halides is 7. The van der Waals surface area contributed by atoms with Crippen molar-refractivity contribution in [2.45, 2.75) is 24.8 Å². The van der Waals surface area contributed by atoms with Crippen molar-refractivity contribution in [3.8, 4) is 5.75 Å². The summed E-state index contributed by atoms with van der Waals surface area (Å²) in [4.78, 5) is 0. The van der Waals surface area contributed by atoms with Gasteiger partial charge in [-0.3, -0.25) is 0 Å². The fourth-order valence-electron chi connectivity index (χ4n) is 1.95. The maximum Gasteiger partial charge on any atom is 0.462 e. The van der Waals surface area contributed by atoms with E-state index in [9.17, 15) is 35.1 Å². The second-order valence-electron chi connectivity index (χ2n) is 5.58. The average molecular weight is 447 g/mol. The van der Waals surface area contributed by atoms with E-state index in [4.69, 9.17) is 16.3 Å². The minimum absolute atomic E-state index is 0.0610. The molecule has 0 amide bonds. The monoisotopic (exact) mass is 446 g/mol. The molecule has 0 spiro atoms. The van der Waals surface area contributed by atoms with E-state index in [1.165, 1.54) is 30.3 Å². The lowest BCUT2D eigenvalue weighted by Gasteiger charge is -2.27. The summed E-state index contributed by atoms with van der Waals surface area (Å²) >= 11 is 5.75. The molecule has 2 rings (SSSR count). The number of hydrogen-bond donors (Lipinski definition) is 1. The van der Waals surface area contributed by atoms with Gasteiger partial charge in [0.15, 0.2) is 0 Å².